The van der Waals surface area contributed by atoms with E-state index in [9.17, 15) is 9.90 Å². The van der Waals surface area contributed by atoms with Gasteiger partial charge >= 0.3 is 11.8 Å². The molecule has 1 heterocycles. The summed E-state index contributed by atoms with van der Waals surface area (Å²) in [5.41, 5.74) is 2.05. The molecule has 0 saturated heterocycles. The first-order valence-electron chi connectivity index (χ1n) is 7.18. The van der Waals surface area contributed by atoms with E-state index in [1.54, 1.807) is 18.2 Å². The molecule has 3 rings (SSSR count). The van der Waals surface area contributed by atoms with Crippen LogP contribution < -0.4 is 0 Å². The highest BCUT2D eigenvalue weighted by molar-refractivity contribution is 6.30. The first-order valence-corrected chi connectivity index (χ1v) is 7.56. The third-order valence-corrected chi connectivity index (χ3v) is 4.47. The monoisotopic (exact) mass is 337 g/mol. The standard InChI is InChI=1S/C16H16ClNO5/c1-22-15(19)16(20)8-12(9-3-2-4-10(17)7-9)11-5-6-13(18-21)14(11)23-16/h2-4,7,12,20-21H,5-6,8H2,1H3/b18-13+/t12-,16+/m0/s1. The lowest BCUT2D eigenvalue weighted by molar-refractivity contribution is -0.218. The van der Waals surface area contributed by atoms with Crippen molar-refractivity contribution in [2.45, 2.75) is 31.0 Å². The number of oxime groups is 1. The van der Waals surface area contributed by atoms with E-state index in [-0.39, 0.29) is 18.1 Å². The van der Waals surface area contributed by atoms with Gasteiger partial charge in [-0.05, 0) is 29.7 Å². The van der Waals surface area contributed by atoms with Gasteiger partial charge in [0.05, 0.1) is 7.11 Å². The van der Waals surface area contributed by atoms with Crippen molar-refractivity contribution in [3.63, 3.8) is 0 Å². The Balaban J connectivity index is 2.09. The van der Waals surface area contributed by atoms with Crippen molar-refractivity contribution in [1.82, 2.24) is 0 Å². The molecule has 2 atom stereocenters. The molecule has 6 nitrogen and oxygen atoms in total. The van der Waals surface area contributed by atoms with Crippen molar-refractivity contribution in [1.29, 1.82) is 0 Å². The van der Waals surface area contributed by atoms with Gasteiger partial charge in [0.25, 0.3) is 0 Å². The Morgan fingerprint density at radius 2 is 2.26 bits per heavy atom. The minimum absolute atomic E-state index is 0.0115. The predicted molar refractivity (Wildman–Crippen MR) is 82.3 cm³/mol. The van der Waals surface area contributed by atoms with Crippen molar-refractivity contribution >= 4 is 23.3 Å². The number of ether oxygens (including phenoxy) is 2. The number of benzene rings is 1. The third kappa shape index (κ3) is 2.68. The van der Waals surface area contributed by atoms with Crippen LogP contribution in [0.2, 0.25) is 5.02 Å². The van der Waals surface area contributed by atoms with E-state index >= 15 is 0 Å². The van der Waals surface area contributed by atoms with Crippen LogP contribution in [0, 0.1) is 0 Å². The highest BCUT2D eigenvalue weighted by Gasteiger charge is 2.50. The van der Waals surface area contributed by atoms with Gasteiger partial charge in [-0.2, -0.15) is 0 Å². The smallest absolute Gasteiger partial charge is 0.379 e. The molecule has 1 aliphatic carbocycles. The molecule has 1 aromatic rings. The van der Waals surface area contributed by atoms with Gasteiger partial charge in [-0.1, -0.05) is 28.9 Å². The molecule has 0 bridgehead atoms. The molecule has 0 unspecified atom stereocenters. The maximum Gasteiger partial charge on any atom is 0.379 e. The molecule has 0 radical (unpaired) electrons. The number of hydrogen-bond acceptors (Lipinski definition) is 6. The summed E-state index contributed by atoms with van der Waals surface area (Å²) in [5, 5.41) is 23.5. The Kier molecular flexibility index (Phi) is 4.04. The van der Waals surface area contributed by atoms with Crippen molar-refractivity contribution in [2.75, 3.05) is 7.11 Å². The Bertz CT molecular complexity index is 714. The van der Waals surface area contributed by atoms with Crippen LogP contribution in [0.3, 0.4) is 0 Å². The molecule has 7 heteroatoms. The first-order chi connectivity index (χ1) is 11.0. The van der Waals surface area contributed by atoms with Gasteiger partial charge in [0, 0.05) is 23.8 Å². The summed E-state index contributed by atoms with van der Waals surface area (Å²) in [6, 6.07) is 7.22. The average Bonchev–Trinajstić information content (AvgIpc) is 2.95. The van der Waals surface area contributed by atoms with Crippen LogP contribution in [-0.2, 0) is 14.3 Å². The van der Waals surface area contributed by atoms with Gasteiger partial charge in [-0.3, -0.25) is 0 Å². The minimum atomic E-state index is -2.12. The normalized spacial score (nSPS) is 28.5. The molecule has 0 aromatic heterocycles. The first kappa shape index (κ1) is 15.8. The SMILES string of the molecule is COC(=O)[C@@]1(O)C[C@@H](c2cccc(Cl)c2)C2=C(O1)/C(=N/O)CC2. The van der Waals surface area contributed by atoms with Gasteiger partial charge in [0.2, 0.25) is 0 Å². The van der Waals surface area contributed by atoms with Crippen molar-refractivity contribution in [3.05, 3.63) is 46.2 Å². The Hall–Kier alpha value is -2.05. The quantitative estimate of drug-likeness (QED) is 0.492. The van der Waals surface area contributed by atoms with Gasteiger partial charge in [0.15, 0.2) is 0 Å². The van der Waals surface area contributed by atoms with Crippen molar-refractivity contribution < 1.29 is 24.6 Å². The average molecular weight is 338 g/mol. The largest absolute Gasteiger partial charge is 0.464 e. The maximum absolute atomic E-state index is 12.0. The van der Waals surface area contributed by atoms with Gasteiger partial charge in [0.1, 0.15) is 11.5 Å². The van der Waals surface area contributed by atoms with E-state index in [1.165, 1.54) is 7.11 Å². The fourth-order valence-corrected chi connectivity index (χ4v) is 3.35. The van der Waals surface area contributed by atoms with E-state index in [2.05, 4.69) is 9.89 Å². The summed E-state index contributed by atoms with van der Waals surface area (Å²) in [5.74, 6) is -3.03. The number of nitrogens with zero attached hydrogens (tertiary/aromatic N) is 1. The molecular formula is C16H16ClNO5. The van der Waals surface area contributed by atoms with E-state index in [0.717, 1.165) is 11.1 Å². The lowest BCUT2D eigenvalue weighted by Crippen LogP contribution is -2.46. The Morgan fingerprint density at radius 1 is 1.48 bits per heavy atom. The van der Waals surface area contributed by atoms with Crippen LogP contribution in [0.15, 0.2) is 40.8 Å². The zero-order valence-electron chi connectivity index (χ0n) is 12.5. The highest BCUT2D eigenvalue weighted by atomic mass is 35.5. The third-order valence-electron chi connectivity index (χ3n) is 4.23. The molecule has 0 saturated carbocycles. The molecule has 1 aromatic carbocycles. The fraction of sp³-hybridized carbons (Fsp3) is 0.375. The molecule has 2 aliphatic rings. The number of allylic oxidation sites excluding steroid dienone is 2. The van der Waals surface area contributed by atoms with Gasteiger partial charge in [-0.25, -0.2) is 4.79 Å². The summed E-state index contributed by atoms with van der Waals surface area (Å²) in [4.78, 5) is 12.0. The van der Waals surface area contributed by atoms with Gasteiger partial charge in [-0.15, -0.1) is 0 Å². The number of carbonyl (C=O) groups excluding carboxylic acids is 1. The molecule has 0 spiro atoms. The van der Waals surface area contributed by atoms with E-state index < -0.39 is 11.8 Å². The van der Waals surface area contributed by atoms with Crippen LogP contribution in [-0.4, -0.2) is 34.9 Å². The summed E-state index contributed by atoms with van der Waals surface area (Å²) in [7, 11) is 1.18. The molecule has 23 heavy (non-hydrogen) atoms. The van der Waals surface area contributed by atoms with Crippen LogP contribution in [0.5, 0.6) is 0 Å². The number of rotatable bonds is 2. The lowest BCUT2D eigenvalue weighted by atomic mass is 9.82. The van der Waals surface area contributed by atoms with Crippen LogP contribution >= 0.6 is 11.6 Å². The molecule has 0 amide bonds. The second-order valence-corrected chi connectivity index (χ2v) is 6.03. The number of aliphatic hydroxyl groups is 1. The Labute approximate surface area is 138 Å². The molecule has 0 fully saturated rings. The molecule has 1 aliphatic heterocycles. The van der Waals surface area contributed by atoms with Crippen molar-refractivity contribution in [2.24, 2.45) is 5.16 Å². The number of esters is 1. The van der Waals surface area contributed by atoms with Crippen LogP contribution in [0.25, 0.3) is 0 Å². The van der Waals surface area contributed by atoms with E-state index in [4.69, 9.17) is 21.5 Å². The number of carbonyl (C=O) groups is 1. The van der Waals surface area contributed by atoms with E-state index in [0.29, 0.717) is 23.6 Å². The Morgan fingerprint density at radius 3 is 2.91 bits per heavy atom. The van der Waals surface area contributed by atoms with Gasteiger partial charge < -0.3 is 19.8 Å². The maximum atomic E-state index is 12.0. The molecule has 122 valence electrons. The zero-order valence-corrected chi connectivity index (χ0v) is 13.2. The van der Waals surface area contributed by atoms with E-state index in [1.807, 2.05) is 6.07 Å². The zero-order chi connectivity index (χ0) is 16.6. The topological polar surface area (TPSA) is 88.4 Å². The summed E-state index contributed by atoms with van der Waals surface area (Å²) in [6.07, 6.45) is 1.12. The van der Waals surface area contributed by atoms with Crippen LogP contribution in [0.4, 0.5) is 0 Å². The summed E-state index contributed by atoms with van der Waals surface area (Å²) < 4.78 is 10.1. The highest BCUT2D eigenvalue weighted by Crippen LogP contribution is 2.47. The van der Waals surface area contributed by atoms with Crippen molar-refractivity contribution in [3.8, 4) is 0 Å². The second-order valence-electron chi connectivity index (χ2n) is 5.59. The minimum Gasteiger partial charge on any atom is -0.464 e. The predicted octanol–water partition coefficient (Wildman–Crippen LogP) is 2.58. The lowest BCUT2D eigenvalue weighted by Gasteiger charge is -2.36. The van der Waals surface area contributed by atoms with Crippen LogP contribution in [0.1, 0.15) is 30.7 Å². The second kappa shape index (κ2) is 5.86. The summed E-state index contributed by atoms with van der Waals surface area (Å²) >= 11 is 6.06. The number of hydrogen-bond donors (Lipinski definition) is 2. The fourth-order valence-electron chi connectivity index (χ4n) is 3.16. The molecule has 2 N–H and O–H groups in total. The number of halogens is 1. The number of methoxy groups -OCH3 is 1. The molecular weight excluding hydrogens is 322 g/mol. The summed E-state index contributed by atoms with van der Waals surface area (Å²) in [6.45, 7) is 0.